The molecule has 3 aromatic rings. The maximum atomic E-state index is 12.3. The third-order valence-corrected chi connectivity index (χ3v) is 5.39. The van der Waals surface area contributed by atoms with Crippen LogP contribution in [0.4, 0.5) is 14.5 Å². The quantitative estimate of drug-likeness (QED) is 0.670. The standard InChI is InChI=1S/C15H13F2N3O2S2/c1-7-13(8(2)22-20-7)14(21)18-9-3-4-10-11(5-9)24-15(19-10)23-6-12(16)17/h3-5,12H,6H2,1-2H3,(H,18,21). The predicted octanol–water partition coefficient (Wildman–Crippen LogP) is 4.51. The molecule has 1 N–H and O–H groups in total. The predicted molar refractivity (Wildman–Crippen MR) is 90.3 cm³/mol. The second-order valence-corrected chi connectivity index (χ2v) is 7.32. The number of hydrogen-bond acceptors (Lipinski definition) is 6. The monoisotopic (exact) mass is 369 g/mol. The minimum atomic E-state index is -2.37. The third-order valence-electron chi connectivity index (χ3n) is 3.22. The highest BCUT2D eigenvalue weighted by Crippen LogP contribution is 2.32. The summed E-state index contributed by atoms with van der Waals surface area (Å²) in [5.74, 6) is -0.132. The van der Waals surface area contributed by atoms with Gasteiger partial charge >= 0.3 is 0 Å². The van der Waals surface area contributed by atoms with Crippen LogP contribution in [-0.2, 0) is 0 Å². The molecule has 0 atom stereocenters. The molecule has 0 aliphatic heterocycles. The second-order valence-electron chi connectivity index (χ2n) is 5.02. The van der Waals surface area contributed by atoms with E-state index in [-0.39, 0.29) is 11.7 Å². The molecule has 0 fully saturated rings. The molecule has 0 radical (unpaired) electrons. The van der Waals surface area contributed by atoms with Crippen molar-refractivity contribution in [1.82, 2.24) is 10.1 Å². The van der Waals surface area contributed by atoms with Gasteiger partial charge in [0, 0.05) is 5.69 Å². The number of nitrogens with zero attached hydrogens (tertiary/aromatic N) is 2. The van der Waals surface area contributed by atoms with Gasteiger partial charge in [-0.05, 0) is 32.0 Å². The van der Waals surface area contributed by atoms with Crippen LogP contribution in [0, 0.1) is 13.8 Å². The maximum Gasteiger partial charge on any atom is 0.261 e. The van der Waals surface area contributed by atoms with Gasteiger partial charge in [0.05, 0.1) is 21.7 Å². The number of anilines is 1. The van der Waals surface area contributed by atoms with Crippen molar-refractivity contribution in [3.63, 3.8) is 0 Å². The summed E-state index contributed by atoms with van der Waals surface area (Å²) in [5, 5.41) is 6.55. The average Bonchev–Trinajstić information content (AvgIpc) is 3.07. The number of benzene rings is 1. The molecule has 2 aromatic heterocycles. The van der Waals surface area contributed by atoms with Crippen LogP contribution in [-0.4, -0.2) is 28.2 Å². The van der Waals surface area contributed by atoms with E-state index in [1.54, 1.807) is 32.0 Å². The Bertz CT molecular complexity index is 873. The van der Waals surface area contributed by atoms with Crippen LogP contribution in [0.2, 0.25) is 0 Å². The zero-order valence-electron chi connectivity index (χ0n) is 12.8. The van der Waals surface area contributed by atoms with Gasteiger partial charge in [-0.1, -0.05) is 16.9 Å². The summed E-state index contributed by atoms with van der Waals surface area (Å²) in [6.45, 7) is 3.37. The fraction of sp³-hybridized carbons (Fsp3) is 0.267. The Labute approximate surface area is 144 Å². The number of amides is 1. The Kier molecular flexibility index (Phi) is 4.81. The molecule has 0 unspecified atom stereocenters. The van der Waals surface area contributed by atoms with E-state index in [0.717, 1.165) is 16.5 Å². The summed E-state index contributed by atoms with van der Waals surface area (Å²) in [7, 11) is 0. The molecule has 126 valence electrons. The summed E-state index contributed by atoms with van der Waals surface area (Å²) in [5.41, 5.74) is 2.25. The molecule has 9 heteroatoms. The van der Waals surface area contributed by atoms with E-state index in [4.69, 9.17) is 4.52 Å². The smallest absolute Gasteiger partial charge is 0.261 e. The van der Waals surface area contributed by atoms with Crippen molar-refractivity contribution in [2.75, 3.05) is 11.1 Å². The van der Waals surface area contributed by atoms with Crippen molar-refractivity contribution in [3.05, 3.63) is 35.2 Å². The van der Waals surface area contributed by atoms with Gasteiger partial charge in [0.25, 0.3) is 5.91 Å². The number of halogens is 2. The van der Waals surface area contributed by atoms with Gasteiger partial charge in [0.15, 0.2) is 4.34 Å². The lowest BCUT2D eigenvalue weighted by molar-refractivity contribution is 0.102. The van der Waals surface area contributed by atoms with Crippen molar-refractivity contribution >= 4 is 44.9 Å². The molecule has 0 spiro atoms. The number of thioether (sulfide) groups is 1. The first kappa shape index (κ1) is 16.8. The largest absolute Gasteiger partial charge is 0.361 e. The number of alkyl halides is 2. The van der Waals surface area contributed by atoms with E-state index >= 15 is 0 Å². The summed E-state index contributed by atoms with van der Waals surface area (Å²) >= 11 is 2.35. The first-order valence-corrected chi connectivity index (χ1v) is 8.80. The first-order chi connectivity index (χ1) is 11.4. The Hall–Kier alpha value is -2.00. The highest BCUT2D eigenvalue weighted by atomic mass is 32.2. The zero-order chi connectivity index (χ0) is 17.3. The van der Waals surface area contributed by atoms with E-state index in [2.05, 4.69) is 15.5 Å². The molecule has 1 aromatic carbocycles. The number of carbonyl (C=O) groups is 1. The van der Waals surface area contributed by atoms with Crippen molar-refractivity contribution < 1.29 is 18.1 Å². The number of aryl methyl sites for hydroxylation is 2. The summed E-state index contributed by atoms with van der Waals surface area (Å²) in [4.78, 5) is 16.6. The van der Waals surface area contributed by atoms with Crippen LogP contribution < -0.4 is 5.32 Å². The van der Waals surface area contributed by atoms with Gasteiger partial charge in [-0.3, -0.25) is 4.79 Å². The minimum absolute atomic E-state index is 0.282. The topological polar surface area (TPSA) is 68.0 Å². The zero-order valence-corrected chi connectivity index (χ0v) is 14.4. The van der Waals surface area contributed by atoms with E-state index in [1.807, 2.05) is 0 Å². The molecule has 3 rings (SSSR count). The second kappa shape index (κ2) is 6.86. The lowest BCUT2D eigenvalue weighted by atomic mass is 10.2. The highest BCUT2D eigenvalue weighted by Gasteiger charge is 2.18. The maximum absolute atomic E-state index is 12.3. The van der Waals surface area contributed by atoms with Crippen molar-refractivity contribution in [2.45, 2.75) is 24.6 Å². The van der Waals surface area contributed by atoms with Crippen LogP contribution >= 0.6 is 23.1 Å². The van der Waals surface area contributed by atoms with Crippen molar-refractivity contribution in [1.29, 1.82) is 0 Å². The number of thiazole rings is 1. The molecule has 0 aliphatic rings. The summed E-state index contributed by atoms with van der Waals surface area (Å²) in [6.07, 6.45) is -2.37. The Morgan fingerprint density at radius 2 is 2.21 bits per heavy atom. The normalized spacial score (nSPS) is 11.4. The van der Waals surface area contributed by atoms with Gasteiger partial charge in [-0.15, -0.1) is 11.3 Å². The van der Waals surface area contributed by atoms with Crippen LogP contribution in [0.15, 0.2) is 27.1 Å². The third kappa shape index (κ3) is 3.57. The summed E-state index contributed by atoms with van der Waals surface area (Å²) < 4.78 is 31.0. The fourth-order valence-electron chi connectivity index (χ4n) is 2.18. The van der Waals surface area contributed by atoms with Crippen molar-refractivity contribution in [2.24, 2.45) is 0 Å². The lowest BCUT2D eigenvalue weighted by Crippen LogP contribution is -2.13. The molecule has 5 nitrogen and oxygen atoms in total. The molecule has 2 heterocycles. The van der Waals surface area contributed by atoms with Crippen LogP contribution in [0.5, 0.6) is 0 Å². The Morgan fingerprint density at radius 1 is 1.42 bits per heavy atom. The van der Waals surface area contributed by atoms with Crippen LogP contribution in [0.1, 0.15) is 21.8 Å². The van der Waals surface area contributed by atoms with E-state index in [0.29, 0.717) is 32.6 Å². The van der Waals surface area contributed by atoms with Gasteiger partial charge in [0.1, 0.15) is 11.3 Å². The molecule has 24 heavy (non-hydrogen) atoms. The van der Waals surface area contributed by atoms with Gasteiger partial charge < -0.3 is 9.84 Å². The molecular weight excluding hydrogens is 356 g/mol. The molecule has 0 aliphatic carbocycles. The molecule has 0 saturated carbocycles. The van der Waals surface area contributed by atoms with Gasteiger partial charge in [-0.25, -0.2) is 13.8 Å². The summed E-state index contributed by atoms with van der Waals surface area (Å²) in [6, 6.07) is 5.25. The molecule has 0 bridgehead atoms. The fourth-order valence-corrected chi connectivity index (χ4v) is 4.05. The molecular formula is C15H13F2N3O2S2. The average molecular weight is 369 g/mol. The van der Waals surface area contributed by atoms with Crippen LogP contribution in [0.25, 0.3) is 10.2 Å². The number of nitrogens with one attached hydrogen (secondary N) is 1. The van der Waals surface area contributed by atoms with Gasteiger partial charge in [-0.2, -0.15) is 0 Å². The van der Waals surface area contributed by atoms with E-state index < -0.39 is 6.43 Å². The number of hydrogen-bond donors (Lipinski definition) is 1. The number of aromatic nitrogens is 2. The molecule has 1 amide bonds. The number of carbonyl (C=O) groups excluding carboxylic acids is 1. The first-order valence-electron chi connectivity index (χ1n) is 7.00. The number of rotatable bonds is 5. The van der Waals surface area contributed by atoms with Crippen LogP contribution in [0.3, 0.4) is 0 Å². The van der Waals surface area contributed by atoms with Gasteiger partial charge in [0.2, 0.25) is 6.43 Å². The highest BCUT2D eigenvalue weighted by molar-refractivity contribution is 8.01. The number of fused-ring (bicyclic) bond motifs is 1. The molecule has 0 saturated heterocycles. The SMILES string of the molecule is Cc1noc(C)c1C(=O)Nc1ccc2nc(SCC(F)F)sc2c1. The van der Waals surface area contributed by atoms with E-state index in [1.165, 1.54) is 11.3 Å². The minimum Gasteiger partial charge on any atom is -0.361 e. The Balaban J connectivity index is 1.79. The Morgan fingerprint density at radius 3 is 2.88 bits per heavy atom. The lowest BCUT2D eigenvalue weighted by Gasteiger charge is -2.04. The van der Waals surface area contributed by atoms with Crippen molar-refractivity contribution in [3.8, 4) is 0 Å². The van der Waals surface area contributed by atoms with E-state index in [9.17, 15) is 13.6 Å².